The minimum atomic E-state index is -0.759. The van der Waals surface area contributed by atoms with Gasteiger partial charge < -0.3 is 0 Å². The molecule has 1 heterocycles. The Morgan fingerprint density at radius 1 is 1.64 bits per heavy atom. The molecule has 7 heteroatoms. The molecule has 0 aliphatic heterocycles. The maximum absolute atomic E-state index is 10.8. The fourth-order valence-corrected chi connectivity index (χ4v) is 1.77. The molecule has 0 N–H and O–H groups in total. The van der Waals surface area contributed by atoms with Gasteiger partial charge in [0.05, 0.1) is 5.38 Å². The van der Waals surface area contributed by atoms with Crippen molar-refractivity contribution in [2.45, 2.75) is 25.3 Å². The normalized spacial score (nSPS) is 15.4. The Hall–Kier alpha value is -0.490. The molecule has 1 aromatic heterocycles. The molecule has 80 valence electrons. The van der Waals surface area contributed by atoms with Crippen molar-refractivity contribution in [1.82, 2.24) is 20.2 Å². The fourth-order valence-electron chi connectivity index (χ4n) is 1.07. The molecule has 0 aliphatic carbocycles. The van der Waals surface area contributed by atoms with Crippen LogP contribution in [0, 0.1) is 0 Å². The first-order valence-electron chi connectivity index (χ1n) is 4.31. The second-order valence-corrected chi connectivity index (χ2v) is 5.22. The minimum absolute atomic E-state index is 0.197. The van der Waals surface area contributed by atoms with Gasteiger partial charge in [-0.2, -0.15) is 0 Å². The lowest BCUT2D eigenvalue weighted by atomic mass is 10.4. The van der Waals surface area contributed by atoms with Crippen molar-refractivity contribution in [3.63, 3.8) is 0 Å². The van der Waals surface area contributed by atoms with E-state index in [0.29, 0.717) is 18.1 Å². The molecule has 0 spiro atoms. The van der Waals surface area contributed by atoms with Gasteiger partial charge in [0.2, 0.25) is 0 Å². The molecule has 2 atom stereocenters. The first-order valence-corrected chi connectivity index (χ1v) is 6.47. The summed E-state index contributed by atoms with van der Waals surface area (Å²) in [5.41, 5.74) is 0. The van der Waals surface area contributed by atoms with Crippen LogP contribution < -0.4 is 0 Å². The first kappa shape index (κ1) is 11.6. The third kappa shape index (κ3) is 3.34. The summed E-state index contributed by atoms with van der Waals surface area (Å²) in [4.78, 5) is 0. The van der Waals surface area contributed by atoms with Gasteiger partial charge in [0, 0.05) is 29.4 Å². The van der Waals surface area contributed by atoms with E-state index in [1.807, 2.05) is 6.92 Å². The zero-order valence-corrected chi connectivity index (χ0v) is 9.75. The Morgan fingerprint density at radius 2 is 2.36 bits per heavy atom. The van der Waals surface area contributed by atoms with E-state index in [9.17, 15) is 4.21 Å². The predicted molar refractivity (Wildman–Crippen MR) is 55.6 cm³/mol. The zero-order chi connectivity index (χ0) is 10.6. The molecular formula is C7H13ClN4OS. The minimum Gasteiger partial charge on any atom is -0.260 e. The number of aryl methyl sites for hydroxylation is 1. The zero-order valence-electron chi connectivity index (χ0n) is 8.18. The standard InChI is InChI=1S/C7H13ClN4OS/c1-6(8)7-9-10-11-12(7)4-3-5-14(2)13/h6H,3-5H2,1-2H3. The van der Waals surface area contributed by atoms with Crippen molar-refractivity contribution in [3.8, 4) is 0 Å². The van der Waals surface area contributed by atoms with Crippen LogP contribution >= 0.6 is 11.6 Å². The van der Waals surface area contributed by atoms with E-state index in [2.05, 4.69) is 15.5 Å². The average Bonchev–Trinajstić information content (AvgIpc) is 2.51. The molecule has 5 nitrogen and oxygen atoms in total. The summed E-state index contributed by atoms with van der Waals surface area (Å²) in [7, 11) is -0.759. The third-order valence-corrected chi connectivity index (χ3v) is 2.78. The molecular weight excluding hydrogens is 224 g/mol. The highest BCUT2D eigenvalue weighted by molar-refractivity contribution is 7.84. The quantitative estimate of drug-likeness (QED) is 0.708. The van der Waals surface area contributed by atoms with Crippen LogP contribution in [-0.2, 0) is 17.3 Å². The van der Waals surface area contributed by atoms with E-state index in [4.69, 9.17) is 11.6 Å². The Labute approximate surface area is 90.3 Å². The number of aromatic nitrogens is 4. The highest BCUT2D eigenvalue weighted by Gasteiger charge is 2.10. The van der Waals surface area contributed by atoms with Crippen molar-refractivity contribution in [2.75, 3.05) is 12.0 Å². The average molecular weight is 237 g/mol. The van der Waals surface area contributed by atoms with E-state index in [-0.39, 0.29) is 5.38 Å². The molecule has 0 aliphatic rings. The highest BCUT2D eigenvalue weighted by Crippen LogP contribution is 2.15. The number of nitrogens with zero attached hydrogens (tertiary/aromatic N) is 4. The van der Waals surface area contributed by atoms with Crippen molar-refractivity contribution in [3.05, 3.63) is 5.82 Å². The van der Waals surface area contributed by atoms with E-state index < -0.39 is 10.8 Å². The van der Waals surface area contributed by atoms with Gasteiger partial charge in [-0.15, -0.1) is 16.7 Å². The van der Waals surface area contributed by atoms with Crippen molar-refractivity contribution in [2.24, 2.45) is 0 Å². The van der Waals surface area contributed by atoms with Crippen LogP contribution in [0.1, 0.15) is 24.5 Å². The molecule has 0 amide bonds. The van der Waals surface area contributed by atoms with Crippen molar-refractivity contribution in [1.29, 1.82) is 0 Å². The number of tetrazole rings is 1. The second-order valence-electron chi connectivity index (χ2n) is 3.01. The van der Waals surface area contributed by atoms with Crippen LogP contribution in [0.25, 0.3) is 0 Å². The maximum Gasteiger partial charge on any atom is 0.168 e. The summed E-state index contributed by atoms with van der Waals surface area (Å²) in [5, 5.41) is 11.0. The molecule has 0 saturated carbocycles. The summed E-state index contributed by atoms with van der Waals surface area (Å²) in [6, 6.07) is 0. The maximum atomic E-state index is 10.8. The smallest absolute Gasteiger partial charge is 0.168 e. The van der Waals surface area contributed by atoms with E-state index >= 15 is 0 Å². The molecule has 2 unspecified atom stereocenters. The fraction of sp³-hybridized carbons (Fsp3) is 0.857. The van der Waals surface area contributed by atoms with Crippen LogP contribution in [0.5, 0.6) is 0 Å². The Bertz CT molecular complexity index is 314. The predicted octanol–water partition coefficient (Wildman–Crippen LogP) is 0.742. The van der Waals surface area contributed by atoms with Gasteiger partial charge in [0.15, 0.2) is 5.82 Å². The van der Waals surface area contributed by atoms with Crippen molar-refractivity contribution < 1.29 is 4.21 Å². The number of hydrogen-bond acceptors (Lipinski definition) is 4. The monoisotopic (exact) mass is 236 g/mol. The van der Waals surface area contributed by atoms with Crippen LogP contribution in [0.4, 0.5) is 0 Å². The number of halogens is 1. The molecule has 0 radical (unpaired) electrons. The summed E-state index contributed by atoms with van der Waals surface area (Å²) >= 11 is 5.87. The summed E-state index contributed by atoms with van der Waals surface area (Å²) in [6.45, 7) is 2.49. The van der Waals surface area contributed by atoms with Gasteiger partial charge in [0.1, 0.15) is 0 Å². The molecule has 0 saturated heterocycles. The highest BCUT2D eigenvalue weighted by atomic mass is 35.5. The Morgan fingerprint density at radius 3 is 2.93 bits per heavy atom. The van der Waals surface area contributed by atoms with Gasteiger partial charge in [-0.1, -0.05) is 0 Å². The van der Waals surface area contributed by atoms with Crippen LogP contribution in [0.15, 0.2) is 0 Å². The molecule has 0 fully saturated rings. The lowest BCUT2D eigenvalue weighted by molar-refractivity contribution is 0.555. The topological polar surface area (TPSA) is 60.7 Å². The van der Waals surface area contributed by atoms with Crippen LogP contribution in [0.3, 0.4) is 0 Å². The lowest BCUT2D eigenvalue weighted by Crippen LogP contribution is -2.09. The first-order chi connectivity index (χ1) is 6.61. The Kier molecular flexibility index (Phi) is 4.47. The van der Waals surface area contributed by atoms with Gasteiger partial charge in [0.25, 0.3) is 0 Å². The number of alkyl halides is 1. The van der Waals surface area contributed by atoms with Gasteiger partial charge in [-0.05, 0) is 23.8 Å². The van der Waals surface area contributed by atoms with Gasteiger partial charge in [-0.3, -0.25) is 4.21 Å². The number of rotatable bonds is 5. The lowest BCUT2D eigenvalue weighted by Gasteiger charge is -2.04. The Balaban J connectivity index is 2.50. The van der Waals surface area contributed by atoms with Crippen LogP contribution in [0.2, 0.25) is 0 Å². The largest absolute Gasteiger partial charge is 0.260 e. The van der Waals surface area contributed by atoms with Gasteiger partial charge >= 0.3 is 0 Å². The summed E-state index contributed by atoms with van der Waals surface area (Å²) in [6.07, 6.45) is 2.48. The second kappa shape index (κ2) is 5.41. The third-order valence-electron chi connectivity index (χ3n) is 1.72. The molecule has 1 rings (SSSR count). The summed E-state index contributed by atoms with van der Waals surface area (Å²) < 4.78 is 12.5. The van der Waals surface area contributed by atoms with Gasteiger partial charge in [-0.25, -0.2) is 4.68 Å². The molecule has 1 aromatic rings. The SMILES string of the molecule is CC(Cl)c1nnnn1CCCS(C)=O. The molecule has 14 heavy (non-hydrogen) atoms. The van der Waals surface area contributed by atoms with Crippen LogP contribution in [-0.4, -0.2) is 36.4 Å². The molecule has 0 bridgehead atoms. The van der Waals surface area contributed by atoms with E-state index in [0.717, 1.165) is 6.42 Å². The van der Waals surface area contributed by atoms with Crippen molar-refractivity contribution >= 4 is 22.4 Å². The number of hydrogen-bond donors (Lipinski definition) is 0. The van der Waals surface area contributed by atoms with E-state index in [1.165, 1.54) is 0 Å². The molecule has 0 aromatic carbocycles. The van der Waals surface area contributed by atoms with E-state index in [1.54, 1.807) is 10.9 Å². The summed E-state index contributed by atoms with van der Waals surface area (Å²) in [5.74, 6) is 1.32.